The second-order valence-electron chi connectivity index (χ2n) is 1.55. The third-order valence-electron chi connectivity index (χ3n) is 0.816. The van der Waals surface area contributed by atoms with Gasteiger partial charge in [0.15, 0.2) is 0 Å². The first-order chi connectivity index (χ1) is 4.31. The fraction of sp³-hybridized carbons (Fsp3) is 0.833. The number of hydrogen-bond acceptors (Lipinski definition) is 3. The molecule has 0 heterocycles. The number of methoxy groups -OCH3 is 1. The molecule has 0 aromatic carbocycles. The standard InChI is InChI=1S/C6H12O3/c1-3-9-6(7)4-5-8-2/h3-5H2,1-2H3. The first kappa shape index (κ1) is 8.43. The molecule has 0 spiro atoms. The number of rotatable bonds is 4. The third-order valence-corrected chi connectivity index (χ3v) is 0.816. The van der Waals surface area contributed by atoms with Gasteiger partial charge in [-0.25, -0.2) is 0 Å². The molecule has 0 rings (SSSR count). The lowest BCUT2D eigenvalue weighted by Gasteiger charge is -1.98. The van der Waals surface area contributed by atoms with E-state index >= 15 is 0 Å². The monoisotopic (exact) mass is 132 g/mol. The predicted octanol–water partition coefficient (Wildman–Crippen LogP) is 0.586. The molecule has 0 amide bonds. The Morgan fingerprint density at radius 3 is 2.67 bits per heavy atom. The van der Waals surface area contributed by atoms with Crippen molar-refractivity contribution in [3.05, 3.63) is 0 Å². The number of carbonyl (C=O) groups excluding carboxylic acids is 1. The molecule has 0 N–H and O–H groups in total. The second-order valence-corrected chi connectivity index (χ2v) is 1.55. The van der Waals surface area contributed by atoms with Gasteiger partial charge in [-0.15, -0.1) is 0 Å². The zero-order chi connectivity index (χ0) is 7.11. The maximum absolute atomic E-state index is 10.5. The van der Waals surface area contributed by atoms with Crippen molar-refractivity contribution in [2.45, 2.75) is 13.3 Å². The van der Waals surface area contributed by atoms with Crippen LogP contribution < -0.4 is 0 Å². The van der Waals surface area contributed by atoms with E-state index in [1.54, 1.807) is 14.0 Å². The van der Waals surface area contributed by atoms with Gasteiger partial charge in [-0.05, 0) is 6.92 Å². The van der Waals surface area contributed by atoms with Crippen LogP contribution in [0.2, 0.25) is 0 Å². The average molecular weight is 132 g/mol. The van der Waals surface area contributed by atoms with Crippen LogP contribution in [0.5, 0.6) is 0 Å². The van der Waals surface area contributed by atoms with Crippen LogP contribution in [0, 0.1) is 0 Å². The van der Waals surface area contributed by atoms with Crippen LogP contribution in [0.15, 0.2) is 0 Å². The SMILES string of the molecule is CCOC(=O)CCOC. The number of esters is 1. The summed E-state index contributed by atoms with van der Waals surface area (Å²) in [6, 6.07) is 0. The molecule has 9 heavy (non-hydrogen) atoms. The van der Waals surface area contributed by atoms with Crippen molar-refractivity contribution in [3.8, 4) is 0 Å². The first-order valence-electron chi connectivity index (χ1n) is 2.95. The summed E-state index contributed by atoms with van der Waals surface area (Å²) in [5.41, 5.74) is 0. The summed E-state index contributed by atoms with van der Waals surface area (Å²) >= 11 is 0. The van der Waals surface area contributed by atoms with E-state index in [9.17, 15) is 4.79 Å². The van der Waals surface area contributed by atoms with Crippen molar-refractivity contribution < 1.29 is 14.3 Å². The Kier molecular flexibility index (Phi) is 5.21. The molecule has 0 aliphatic rings. The summed E-state index contributed by atoms with van der Waals surface area (Å²) < 4.78 is 9.28. The van der Waals surface area contributed by atoms with Crippen LogP contribution in [0.25, 0.3) is 0 Å². The smallest absolute Gasteiger partial charge is 0.308 e. The summed E-state index contributed by atoms with van der Waals surface area (Å²) in [5.74, 6) is -0.195. The van der Waals surface area contributed by atoms with Gasteiger partial charge < -0.3 is 9.47 Å². The van der Waals surface area contributed by atoms with Crippen LogP contribution >= 0.6 is 0 Å². The van der Waals surface area contributed by atoms with Gasteiger partial charge in [0.1, 0.15) is 0 Å². The largest absolute Gasteiger partial charge is 0.466 e. The highest BCUT2D eigenvalue weighted by Gasteiger charge is 1.97. The predicted molar refractivity (Wildman–Crippen MR) is 33.1 cm³/mol. The summed E-state index contributed by atoms with van der Waals surface area (Å²) in [4.78, 5) is 10.5. The van der Waals surface area contributed by atoms with Crippen molar-refractivity contribution in [1.29, 1.82) is 0 Å². The fourth-order valence-electron chi connectivity index (χ4n) is 0.419. The lowest BCUT2D eigenvalue weighted by Crippen LogP contribution is -2.06. The molecular formula is C6H12O3. The minimum Gasteiger partial charge on any atom is -0.466 e. The Bertz CT molecular complexity index is 80.4. The maximum Gasteiger partial charge on any atom is 0.308 e. The highest BCUT2D eigenvalue weighted by molar-refractivity contribution is 5.69. The maximum atomic E-state index is 10.5. The summed E-state index contributed by atoms with van der Waals surface area (Å²) in [6.45, 7) is 2.67. The molecule has 0 saturated carbocycles. The Balaban J connectivity index is 3.06. The third kappa shape index (κ3) is 5.30. The summed E-state index contributed by atoms with van der Waals surface area (Å²) in [6.07, 6.45) is 0.352. The molecule has 0 aliphatic heterocycles. The molecular weight excluding hydrogens is 120 g/mol. The minimum absolute atomic E-state index is 0.195. The first-order valence-corrected chi connectivity index (χ1v) is 2.95. The van der Waals surface area contributed by atoms with Gasteiger partial charge in [0.05, 0.1) is 19.6 Å². The number of carbonyl (C=O) groups is 1. The molecule has 3 nitrogen and oxygen atoms in total. The lowest BCUT2D eigenvalue weighted by atomic mass is 10.5. The second kappa shape index (κ2) is 5.56. The Hall–Kier alpha value is -0.570. The Morgan fingerprint density at radius 1 is 1.56 bits per heavy atom. The summed E-state index contributed by atoms with van der Waals surface area (Å²) in [5, 5.41) is 0. The topological polar surface area (TPSA) is 35.5 Å². The van der Waals surface area contributed by atoms with E-state index < -0.39 is 0 Å². The van der Waals surface area contributed by atoms with Crippen molar-refractivity contribution in [2.75, 3.05) is 20.3 Å². The van der Waals surface area contributed by atoms with Crippen LogP contribution in [-0.2, 0) is 14.3 Å². The number of hydrogen-bond donors (Lipinski definition) is 0. The fourth-order valence-corrected chi connectivity index (χ4v) is 0.419. The average Bonchev–Trinajstić information content (AvgIpc) is 1.85. The van der Waals surface area contributed by atoms with E-state index in [4.69, 9.17) is 0 Å². The van der Waals surface area contributed by atoms with Crippen LogP contribution in [0.4, 0.5) is 0 Å². The molecule has 0 fully saturated rings. The molecule has 0 bridgehead atoms. The highest BCUT2D eigenvalue weighted by atomic mass is 16.5. The van der Waals surface area contributed by atoms with Gasteiger partial charge in [-0.1, -0.05) is 0 Å². The van der Waals surface area contributed by atoms with Gasteiger partial charge in [0.25, 0.3) is 0 Å². The van der Waals surface area contributed by atoms with Gasteiger partial charge in [0.2, 0.25) is 0 Å². The van der Waals surface area contributed by atoms with Crippen molar-refractivity contribution in [2.24, 2.45) is 0 Å². The molecule has 0 radical (unpaired) electrons. The van der Waals surface area contributed by atoms with Gasteiger partial charge in [-0.3, -0.25) is 4.79 Å². The van der Waals surface area contributed by atoms with Crippen LogP contribution in [0.3, 0.4) is 0 Å². The Labute approximate surface area is 55.0 Å². The molecule has 3 heteroatoms. The normalized spacial score (nSPS) is 9.11. The number of ether oxygens (including phenoxy) is 2. The lowest BCUT2D eigenvalue weighted by molar-refractivity contribution is -0.144. The van der Waals surface area contributed by atoms with Crippen molar-refractivity contribution >= 4 is 5.97 Å². The molecule has 0 saturated heterocycles. The zero-order valence-electron chi connectivity index (χ0n) is 5.85. The van der Waals surface area contributed by atoms with Gasteiger partial charge in [0, 0.05) is 7.11 Å². The van der Waals surface area contributed by atoms with Crippen molar-refractivity contribution in [1.82, 2.24) is 0 Å². The van der Waals surface area contributed by atoms with E-state index in [1.165, 1.54) is 0 Å². The zero-order valence-corrected chi connectivity index (χ0v) is 5.85. The molecule has 0 unspecified atom stereocenters. The van der Waals surface area contributed by atoms with E-state index in [1.807, 2.05) is 0 Å². The molecule has 54 valence electrons. The van der Waals surface area contributed by atoms with E-state index in [2.05, 4.69) is 9.47 Å². The molecule has 0 aromatic heterocycles. The summed E-state index contributed by atoms with van der Waals surface area (Å²) in [7, 11) is 1.55. The molecule has 0 atom stereocenters. The van der Waals surface area contributed by atoms with Crippen molar-refractivity contribution in [3.63, 3.8) is 0 Å². The Morgan fingerprint density at radius 2 is 2.22 bits per heavy atom. The molecule has 0 aliphatic carbocycles. The quantitative estimate of drug-likeness (QED) is 0.525. The van der Waals surface area contributed by atoms with Gasteiger partial charge in [-0.2, -0.15) is 0 Å². The van der Waals surface area contributed by atoms with Gasteiger partial charge >= 0.3 is 5.97 Å². The van der Waals surface area contributed by atoms with Crippen LogP contribution in [0.1, 0.15) is 13.3 Å². The van der Waals surface area contributed by atoms with E-state index in [0.29, 0.717) is 19.6 Å². The minimum atomic E-state index is -0.195. The highest BCUT2D eigenvalue weighted by Crippen LogP contribution is 1.85. The van der Waals surface area contributed by atoms with E-state index in [-0.39, 0.29) is 5.97 Å². The molecule has 0 aromatic rings. The van der Waals surface area contributed by atoms with Crippen LogP contribution in [-0.4, -0.2) is 26.3 Å². The van der Waals surface area contributed by atoms with E-state index in [0.717, 1.165) is 0 Å².